The lowest BCUT2D eigenvalue weighted by atomic mass is 10.1. The Kier molecular flexibility index (Phi) is 12.0. The molecule has 1 unspecified atom stereocenters. The normalized spacial score (nSPS) is 14.3. The number of rotatable bonds is 16. The first kappa shape index (κ1) is 33.5. The number of benzene rings is 1. The number of amides is 2. The number of carbonyl (C=O) groups is 3. The van der Waals surface area contributed by atoms with E-state index < -0.39 is 11.9 Å². The fourth-order valence-electron chi connectivity index (χ4n) is 5.52. The van der Waals surface area contributed by atoms with Crippen LogP contribution in [0.3, 0.4) is 0 Å². The maximum atomic E-state index is 12.7. The van der Waals surface area contributed by atoms with Crippen LogP contribution in [0.5, 0.6) is 5.75 Å². The summed E-state index contributed by atoms with van der Waals surface area (Å²) in [4.78, 5) is 48.6. The van der Waals surface area contributed by atoms with E-state index in [0.29, 0.717) is 19.6 Å². The molecule has 4 rings (SSSR count). The van der Waals surface area contributed by atoms with Crippen LogP contribution in [0.15, 0.2) is 30.5 Å². The van der Waals surface area contributed by atoms with Gasteiger partial charge in [0.1, 0.15) is 11.3 Å². The van der Waals surface area contributed by atoms with Crippen LogP contribution in [0.2, 0.25) is 0 Å². The Hall–Kier alpha value is -4.39. The molecule has 0 saturated carbocycles. The van der Waals surface area contributed by atoms with Crippen molar-refractivity contribution < 1.29 is 24.2 Å². The van der Waals surface area contributed by atoms with Gasteiger partial charge < -0.3 is 35.7 Å². The van der Waals surface area contributed by atoms with Gasteiger partial charge in [-0.1, -0.05) is 32.8 Å². The first-order chi connectivity index (χ1) is 21.7. The number of hydrogen-bond acceptors (Lipinski definition) is 9. The second-order valence-electron chi connectivity index (χ2n) is 11.6. The van der Waals surface area contributed by atoms with E-state index in [1.807, 2.05) is 23.2 Å². The molecule has 2 aromatic heterocycles. The van der Waals surface area contributed by atoms with Crippen LogP contribution in [0, 0.1) is 5.92 Å². The first-order valence-electron chi connectivity index (χ1n) is 15.7. The Bertz CT molecular complexity index is 1470. The van der Waals surface area contributed by atoms with Crippen molar-refractivity contribution in [2.75, 3.05) is 57.4 Å². The van der Waals surface area contributed by atoms with Crippen LogP contribution in [0.1, 0.15) is 57.1 Å². The summed E-state index contributed by atoms with van der Waals surface area (Å²) in [5.74, 6) is -0.366. The molecule has 0 bridgehead atoms. The minimum Gasteiger partial charge on any atom is -0.496 e. The van der Waals surface area contributed by atoms with Crippen LogP contribution in [0.4, 0.5) is 11.8 Å². The average Bonchev–Trinajstić information content (AvgIpc) is 3.41. The van der Waals surface area contributed by atoms with Crippen molar-refractivity contribution in [2.24, 2.45) is 5.92 Å². The monoisotopic (exact) mass is 622 g/mol. The highest BCUT2D eigenvalue weighted by molar-refractivity contribution is 5.87. The number of carboxylic acid groups (broad SMARTS) is 1. The molecule has 13 nitrogen and oxygen atoms in total. The van der Waals surface area contributed by atoms with E-state index in [1.54, 1.807) is 7.11 Å². The lowest BCUT2D eigenvalue weighted by molar-refractivity contribution is -0.143. The number of piperazine rings is 1. The molecule has 45 heavy (non-hydrogen) atoms. The van der Waals surface area contributed by atoms with Crippen molar-refractivity contribution >= 4 is 40.6 Å². The fraction of sp³-hybridized carbons (Fsp3) is 0.531. The number of anilines is 2. The largest absolute Gasteiger partial charge is 0.496 e. The van der Waals surface area contributed by atoms with Gasteiger partial charge in [-0.05, 0) is 30.2 Å². The quantitative estimate of drug-likeness (QED) is 0.174. The third kappa shape index (κ3) is 9.30. The summed E-state index contributed by atoms with van der Waals surface area (Å²) in [6.07, 6.45) is 5.43. The molecule has 3 heterocycles. The molecule has 1 aliphatic rings. The molecule has 3 aromatic rings. The Labute approximate surface area is 264 Å². The molecule has 13 heteroatoms. The smallest absolute Gasteiger partial charge is 0.306 e. The molecule has 0 spiro atoms. The number of carboxylic acids is 1. The van der Waals surface area contributed by atoms with Gasteiger partial charge in [-0.15, -0.1) is 0 Å². The second-order valence-corrected chi connectivity index (χ2v) is 11.6. The molecule has 1 aromatic carbocycles. The number of unbranched alkanes of at least 4 members (excludes halogenated alkanes) is 2. The molecule has 2 amide bonds. The highest BCUT2D eigenvalue weighted by Gasteiger charge is 2.22. The molecule has 1 fully saturated rings. The topological polar surface area (TPSA) is 168 Å². The molecule has 5 N–H and O–H groups in total. The van der Waals surface area contributed by atoms with Gasteiger partial charge in [0.15, 0.2) is 5.82 Å². The van der Waals surface area contributed by atoms with Gasteiger partial charge in [-0.3, -0.25) is 19.3 Å². The number of aliphatic carboxylic acids is 1. The molecule has 0 radical (unpaired) electrons. The Morgan fingerprint density at radius 3 is 2.56 bits per heavy atom. The average molecular weight is 623 g/mol. The summed E-state index contributed by atoms with van der Waals surface area (Å²) in [6, 6.07) is 8.20. The lowest BCUT2D eigenvalue weighted by Gasteiger charge is -2.35. The first-order valence-corrected chi connectivity index (χ1v) is 15.7. The Morgan fingerprint density at radius 2 is 1.84 bits per heavy atom. The number of methoxy groups -OCH3 is 1. The lowest BCUT2D eigenvalue weighted by Crippen LogP contribution is -2.48. The van der Waals surface area contributed by atoms with Crippen molar-refractivity contribution in [1.29, 1.82) is 0 Å². The molecule has 244 valence electrons. The number of nitrogen functional groups attached to an aromatic ring is 1. The van der Waals surface area contributed by atoms with Gasteiger partial charge in [0.25, 0.3) is 0 Å². The zero-order valence-electron chi connectivity index (χ0n) is 26.6. The number of fused-ring (bicyclic) bond motifs is 1. The highest BCUT2D eigenvalue weighted by Crippen LogP contribution is 2.27. The maximum absolute atomic E-state index is 12.7. The molecule has 1 atom stereocenters. The van der Waals surface area contributed by atoms with Crippen LogP contribution in [-0.2, 0) is 27.5 Å². The van der Waals surface area contributed by atoms with Gasteiger partial charge in [-0.25, -0.2) is 4.98 Å². The van der Waals surface area contributed by atoms with Gasteiger partial charge >= 0.3 is 5.97 Å². The van der Waals surface area contributed by atoms with Crippen molar-refractivity contribution in [1.82, 2.24) is 29.7 Å². The summed E-state index contributed by atoms with van der Waals surface area (Å²) in [7, 11) is 1.68. The highest BCUT2D eigenvalue weighted by atomic mass is 16.5. The maximum Gasteiger partial charge on any atom is 0.306 e. The van der Waals surface area contributed by atoms with Gasteiger partial charge in [0.2, 0.25) is 17.8 Å². The van der Waals surface area contributed by atoms with Gasteiger partial charge in [-0.2, -0.15) is 4.98 Å². The van der Waals surface area contributed by atoms with Crippen LogP contribution in [-0.4, -0.2) is 93.6 Å². The molecular formula is C32H46N8O5. The fourth-order valence-corrected chi connectivity index (χ4v) is 5.52. The van der Waals surface area contributed by atoms with Crippen molar-refractivity contribution in [3.63, 3.8) is 0 Å². The van der Waals surface area contributed by atoms with Gasteiger partial charge in [0, 0.05) is 70.4 Å². The predicted octanol–water partition coefficient (Wildman–Crippen LogP) is 2.93. The van der Waals surface area contributed by atoms with E-state index in [2.05, 4.69) is 49.1 Å². The van der Waals surface area contributed by atoms with Gasteiger partial charge in [0.05, 0.1) is 25.1 Å². The zero-order chi connectivity index (χ0) is 32.3. The van der Waals surface area contributed by atoms with E-state index in [4.69, 9.17) is 15.6 Å². The summed E-state index contributed by atoms with van der Waals surface area (Å²) in [6.45, 7) is 8.69. The van der Waals surface area contributed by atoms with E-state index in [0.717, 1.165) is 79.2 Å². The van der Waals surface area contributed by atoms with Crippen molar-refractivity contribution in [3.05, 3.63) is 41.6 Å². The molecule has 1 saturated heterocycles. The van der Waals surface area contributed by atoms with Crippen LogP contribution >= 0.6 is 0 Å². The number of nitrogens with one attached hydrogen (secondary N) is 2. The number of nitrogens with two attached hydrogens (primary N) is 1. The standard InChI is InChI=1S/C32H46N8O5/c1-4-5-6-11-35-30-29-25(36-32(33)37-30)10-13-40(29)21-24-19-23(7-8-26(24)45-3)20-38-14-16-39(17-15-38)28(42)9-12-34-27(41)18-22(2)31(43)44/h7-8,10,13,19,22H,4-6,9,11-12,14-18,20-21H2,1-3H3,(H,34,41)(H,43,44)(H3,33,35,36,37). The number of hydrogen-bond donors (Lipinski definition) is 4. The van der Waals surface area contributed by atoms with E-state index >= 15 is 0 Å². The Morgan fingerprint density at radius 1 is 1.07 bits per heavy atom. The van der Waals surface area contributed by atoms with E-state index in [1.165, 1.54) is 6.92 Å². The van der Waals surface area contributed by atoms with Crippen molar-refractivity contribution in [3.8, 4) is 5.75 Å². The molecule has 0 aliphatic carbocycles. The SMILES string of the molecule is CCCCCNc1nc(N)nc2ccn(Cc3cc(CN4CCN(C(=O)CCNC(=O)CC(C)C(=O)O)CC4)ccc3OC)c12. The van der Waals surface area contributed by atoms with Crippen LogP contribution in [0.25, 0.3) is 11.0 Å². The third-order valence-corrected chi connectivity index (χ3v) is 8.09. The number of ether oxygens (including phenoxy) is 1. The summed E-state index contributed by atoms with van der Waals surface area (Å²) >= 11 is 0. The second kappa shape index (κ2) is 16.1. The zero-order valence-corrected chi connectivity index (χ0v) is 26.6. The number of nitrogens with zero attached hydrogens (tertiary/aromatic N) is 5. The predicted molar refractivity (Wildman–Crippen MR) is 173 cm³/mol. The minimum absolute atomic E-state index is 0.0168. The summed E-state index contributed by atoms with van der Waals surface area (Å²) in [5.41, 5.74) is 9.89. The van der Waals surface area contributed by atoms with E-state index in [-0.39, 0.29) is 37.1 Å². The number of carbonyl (C=O) groups excluding carboxylic acids is 2. The summed E-state index contributed by atoms with van der Waals surface area (Å²) < 4.78 is 7.84. The number of aromatic nitrogens is 3. The third-order valence-electron chi connectivity index (χ3n) is 8.09. The van der Waals surface area contributed by atoms with Crippen LogP contribution < -0.4 is 21.1 Å². The minimum atomic E-state index is -1.01. The Balaban J connectivity index is 1.33. The molecule has 1 aliphatic heterocycles. The van der Waals surface area contributed by atoms with Crippen molar-refractivity contribution in [2.45, 2.75) is 59.0 Å². The molecular weight excluding hydrogens is 576 g/mol. The summed E-state index contributed by atoms with van der Waals surface area (Å²) in [5, 5.41) is 15.0. The van der Waals surface area contributed by atoms with E-state index in [9.17, 15) is 14.4 Å².